The van der Waals surface area contributed by atoms with Gasteiger partial charge in [0.05, 0.1) is 15.7 Å². The van der Waals surface area contributed by atoms with E-state index in [4.69, 9.17) is 27.7 Å². The molecule has 0 radical (unpaired) electrons. The van der Waals surface area contributed by atoms with Crippen LogP contribution in [0, 0.1) is 6.92 Å². The molecule has 8 heteroatoms. The lowest BCUT2D eigenvalue weighted by molar-refractivity contribution is 0.102. The van der Waals surface area contributed by atoms with E-state index in [0.717, 1.165) is 17.7 Å². The van der Waals surface area contributed by atoms with Crippen LogP contribution in [0.2, 0.25) is 10.0 Å². The van der Waals surface area contributed by atoms with E-state index in [2.05, 4.69) is 34.5 Å². The number of hydrogen-bond donors (Lipinski definition) is 1. The van der Waals surface area contributed by atoms with Crippen LogP contribution in [0.25, 0.3) is 22.5 Å². The summed E-state index contributed by atoms with van der Waals surface area (Å²) in [5.41, 5.74) is 4.08. The number of rotatable bonds is 5. The standard InChI is InChI=1S/C22H17Cl2N3O2S/c1-3-13-7-9-14(10-8-13)17-11-30-22(25-17)26-21(28)18-12(2)29-27-20(18)19-15(23)5-4-6-16(19)24/h4-11H,3H2,1-2H3,(H,25,26,28). The van der Waals surface area contributed by atoms with E-state index in [1.54, 1.807) is 25.1 Å². The first-order chi connectivity index (χ1) is 14.5. The highest BCUT2D eigenvalue weighted by molar-refractivity contribution is 7.14. The van der Waals surface area contributed by atoms with Crippen LogP contribution in [0.15, 0.2) is 52.4 Å². The molecule has 1 N–H and O–H groups in total. The predicted octanol–water partition coefficient (Wildman–Crippen LogP) is 6.90. The van der Waals surface area contributed by atoms with Crippen LogP contribution in [0.3, 0.4) is 0 Å². The number of halogens is 2. The number of anilines is 1. The van der Waals surface area contributed by atoms with Crippen LogP contribution in [-0.4, -0.2) is 16.0 Å². The van der Waals surface area contributed by atoms with Crippen molar-refractivity contribution < 1.29 is 9.32 Å². The Balaban J connectivity index is 1.61. The first-order valence-electron chi connectivity index (χ1n) is 9.24. The van der Waals surface area contributed by atoms with Gasteiger partial charge in [-0.1, -0.05) is 65.6 Å². The van der Waals surface area contributed by atoms with Crippen LogP contribution in [0.5, 0.6) is 0 Å². The van der Waals surface area contributed by atoms with Crippen molar-refractivity contribution in [1.29, 1.82) is 0 Å². The largest absolute Gasteiger partial charge is 0.360 e. The van der Waals surface area contributed by atoms with Gasteiger partial charge in [-0.25, -0.2) is 4.98 Å². The summed E-state index contributed by atoms with van der Waals surface area (Å²) in [6.45, 7) is 3.78. The van der Waals surface area contributed by atoms with E-state index in [0.29, 0.717) is 32.2 Å². The van der Waals surface area contributed by atoms with Gasteiger partial charge < -0.3 is 4.52 Å². The number of nitrogens with one attached hydrogen (secondary N) is 1. The minimum atomic E-state index is -0.387. The molecule has 30 heavy (non-hydrogen) atoms. The van der Waals surface area contributed by atoms with Gasteiger partial charge in [-0.05, 0) is 31.0 Å². The van der Waals surface area contributed by atoms with E-state index in [-0.39, 0.29) is 11.5 Å². The van der Waals surface area contributed by atoms with E-state index in [1.807, 2.05) is 17.5 Å². The third kappa shape index (κ3) is 3.99. The molecule has 152 valence electrons. The van der Waals surface area contributed by atoms with Gasteiger partial charge in [0.2, 0.25) is 0 Å². The molecular formula is C22H17Cl2N3O2S. The van der Waals surface area contributed by atoms with Gasteiger partial charge in [-0.3, -0.25) is 10.1 Å². The lowest BCUT2D eigenvalue weighted by Gasteiger charge is -2.06. The Hall–Kier alpha value is -2.67. The number of carbonyl (C=O) groups excluding carboxylic acids is 1. The van der Waals surface area contributed by atoms with Crippen molar-refractivity contribution in [3.8, 4) is 22.5 Å². The van der Waals surface area contributed by atoms with E-state index < -0.39 is 0 Å². The van der Waals surface area contributed by atoms with E-state index in [9.17, 15) is 4.79 Å². The normalized spacial score (nSPS) is 10.9. The molecule has 0 fully saturated rings. The zero-order valence-corrected chi connectivity index (χ0v) is 18.5. The summed E-state index contributed by atoms with van der Waals surface area (Å²) in [6, 6.07) is 13.3. The summed E-state index contributed by atoms with van der Waals surface area (Å²) in [4.78, 5) is 17.5. The van der Waals surface area contributed by atoms with Gasteiger partial charge >= 0.3 is 0 Å². The third-order valence-corrected chi connectivity index (χ3v) is 6.06. The van der Waals surface area contributed by atoms with Gasteiger partial charge in [0.1, 0.15) is 17.0 Å². The number of aromatic nitrogens is 2. The fraction of sp³-hybridized carbons (Fsp3) is 0.136. The topological polar surface area (TPSA) is 68.0 Å². The molecule has 0 saturated heterocycles. The van der Waals surface area contributed by atoms with Crippen molar-refractivity contribution >= 4 is 45.6 Å². The maximum Gasteiger partial charge on any atom is 0.263 e. The molecule has 4 rings (SSSR count). The number of aryl methyl sites for hydroxylation is 2. The molecule has 0 saturated carbocycles. The second kappa shape index (κ2) is 8.60. The molecule has 2 aromatic heterocycles. The van der Waals surface area contributed by atoms with Crippen molar-refractivity contribution in [3.05, 3.63) is 74.8 Å². The minimum absolute atomic E-state index is 0.272. The summed E-state index contributed by atoms with van der Waals surface area (Å²) in [6.07, 6.45) is 0.981. The molecule has 2 heterocycles. The molecule has 0 bridgehead atoms. The van der Waals surface area contributed by atoms with Crippen molar-refractivity contribution in [3.63, 3.8) is 0 Å². The fourth-order valence-electron chi connectivity index (χ4n) is 3.07. The first kappa shape index (κ1) is 20.6. The molecular weight excluding hydrogens is 441 g/mol. The minimum Gasteiger partial charge on any atom is -0.360 e. The molecule has 0 spiro atoms. The van der Waals surface area contributed by atoms with Crippen molar-refractivity contribution in [1.82, 2.24) is 10.1 Å². The van der Waals surface area contributed by atoms with Gasteiger partial charge in [0.25, 0.3) is 5.91 Å². The van der Waals surface area contributed by atoms with Crippen molar-refractivity contribution in [2.24, 2.45) is 0 Å². The molecule has 2 aromatic carbocycles. The van der Waals surface area contributed by atoms with E-state index in [1.165, 1.54) is 16.9 Å². The first-order valence-corrected chi connectivity index (χ1v) is 10.9. The molecule has 1 amide bonds. The second-order valence-corrected chi connectivity index (χ2v) is 8.27. The average molecular weight is 458 g/mol. The summed E-state index contributed by atoms with van der Waals surface area (Å²) < 4.78 is 5.27. The van der Waals surface area contributed by atoms with Crippen LogP contribution in [0.1, 0.15) is 28.6 Å². The SMILES string of the molecule is CCc1ccc(-c2csc(NC(=O)c3c(-c4c(Cl)cccc4Cl)noc3C)n2)cc1. The molecule has 0 atom stereocenters. The third-order valence-electron chi connectivity index (χ3n) is 4.67. The van der Waals surface area contributed by atoms with Gasteiger partial charge in [0.15, 0.2) is 5.13 Å². The average Bonchev–Trinajstić information content (AvgIpc) is 3.35. The summed E-state index contributed by atoms with van der Waals surface area (Å²) in [7, 11) is 0. The highest BCUT2D eigenvalue weighted by atomic mass is 35.5. The predicted molar refractivity (Wildman–Crippen MR) is 122 cm³/mol. The Kier molecular flexibility index (Phi) is 5.90. The van der Waals surface area contributed by atoms with Crippen LogP contribution < -0.4 is 5.32 Å². The highest BCUT2D eigenvalue weighted by Crippen LogP contribution is 2.37. The fourth-order valence-corrected chi connectivity index (χ4v) is 4.36. The Labute approximate surface area is 187 Å². The monoisotopic (exact) mass is 457 g/mol. The number of benzene rings is 2. The smallest absolute Gasteiger partial charge is 0.263 e. The van der Waals surface area contributed by atoms with Crippen LogP contribution in [-0.2, 0) is 6.42 Å². The number of thiazole rings is 1. The molecule has 0 aliphatic rings. The Morgan fingerprint density at radius 3 is 2.50 bits per heavy atom. The molecule has 0 aliphatic heterocycles. The molecule has 0 unspecified atom stereocenters. The van der Waals surface area contributed by atoms with Crippen molar-refractivity contribution in [2.45, 2.75) is 20.3 Å². The lowest BCUT2D eigenvalue weighted by atomic mass is 10.1. The van der Waals surface area contributed by atoms with Crippen LogP contribution in [0.4, 0.5) is 5.13 Å². The zero-order chi connectivity index (χ0) is 21.3. The summed E-state index contributed by atoms with van der Waals surface area (Å²) >= 11 is 13.9. The van der Waals surface area contributed by atoms with Gasteiger partial charge in [-0.15, -0.1) is 11.3 Å². The second-order valence-electron chi connectivity index (χ2n) is 6.60. The maximum atomic E-state index is 13.0. The lowest BCUT2D eigenvalue weighted by Crippen LogP contribution is -2.13. The zero-order valence-electron chi connectivity index (χ0n) is 16.2. The van der Waals surface area contributed by atoms with E-state index >= 15 is 0 Å². The summed E-state index contributed by atoms with van der Waals surface area (Å²) in [5, 5.41) is 10.0. The van der Waals surface area contributed by atoms with Crippen LogP contribution >= 0.6 is 34.5 Å². The Morgan fingerprint density at radius 2 is 1.83 bits per heavy atom. The number of nitrogens with zero attached hydrogens (tertiary/aromatic N) is 2. The Bertz CT molecular complexity index is 1200. The maximum absolute atomic E-state index is 13.0. The molecule has 4 aromatic rings. The highest BCUT2D eigenvalue weighted by Gasteiger charge is 2.25. The van der Waals surface area contributed by atoms with Gasteiger partial charge in [-0.2, -0.15) is 0 Å². The van der Waals surface area contributed by atoms with Gasteiger partial charge in [0, 0.05) is 16.5 Å². The number of hydrogen-bond acceptors (Lipinski definition) is 5. The van der Waals surface area contributed by atoms with Crippen molar-refractivity contribution in [2.75, 3.05) is 5.32 Å². The quantitative estimate of drug-likeness (QED) is 0.353. The summed E-state index contributed by atoms with van der Waals surface area (Å²) in [5.74, 6) is -0.0209. The number of amides is 1. The Morgan fingerprint density at radius 1 is 1.13 bits per heavy atom. The molecule has 5 nitrogen and oxygen atoms in total. The molecule has 0 aliphatic carbocycles. The number of carbonyl (C=O) groups is 1.